The quantitative estimate of drug-likeness (QED) is 0.442. The highest BCUT2D eigenvalue weighted by Gasteiger charge is 2.35. The van der Waals surface area contributed by atoms with Crippen molar-refractivity contribution in [2.24, 2.45) is 16.8 Å². The maximum atomic E-state index is 5.47. The largest absolute Gasteiger partial charge is 0.469 e. The Labute approximate surface area is 169 Å². The normalized spacial score (nSPS) is 26.4. The Morgan fingerprint density at radius 1 is 1.14 bits per heavy atom. The summed E-state index contributed by atoms with van der Waals surface area (Å²) < 4.78 is 10.9. The summed E-state index contributed by atoms with van der Waals surface area (Å²) in [6.45, 7) is 9.13. The van der Waals surface area contributed by atoms with Gasteiger partial charge in [-0.15, -0.1) is 0 Å². The molecule has 1 aliphatic carbocycles. The number of nitrogens with zero attached hydrogens (tertiary/aromatic N) is 3. The number of rotatable bonds is 7. The number of furan rings is 1. The molecule has 1 aromatic heterocycles. The number of ether oxygens (including phenoxy) is 1. The minimum atomic E-state index is 0.874. The highest BCUT2D eigenvalue weighted by atomic mass is 16.5. The van der Waals surface area contributed by atoms with Crippen LogP contribution in [-0.2, 0) is 11.2 Å². The Balaban J connectivity index is 1.29. The first-order valence-corrected chi connectivity index (χ1v) is 11.2. The third-order valence-corrected chi connectivity index (χ3v) is 6.51. The third kappa shape index (κ3) is 5.51. The van der Waals surface area contributed by atoms with Gasteiger partial charge in [0.15, 0.2) is 5.96 Å². The van der Waals surface area contributed by atoms with E-state index < -0.39 is 0 Å². The molecule has 3 fully saturated rings. The van der Waals surface area contributed by atoms with E-state index >= 15 is 0 Å². The number of fused-ring (bicyclic) bond motifs is 1. The first-order chi connectivity index (χ1) is 13.9. The van der Waals surface area contributed by atoms with Gasteiger partial charge in [0.2, 0.25) is 0 Å². The second-order valence-corrected chi connectivity index (χ2v) is 8.48. The summed E-state index contributed by atoms with van der Waals surface area (Å²) in [6.07, 6.45) is 9.39. The van der Waals surface area contributed by atoms with Crippen LogP contribution in [0.2, 0.25) is 0 Å². The molecule has 2 aliphatic heterocycles. The smallest absolute Gasteiger partial charge is 0.193 e. The van der Waals surface area contributed by atoms with Crippen LogP contribution in [0.1, 0.15) is 37.9 Å². The van der Waals surface area contributed by atoms with Crippen molar-refractivity contribution < 1.29 is 9.15 Å². The number of guanidine groups is 1. The lowest BCUT2D eigenvalue weighted by Gasteiger charge is -2.26. The van der Waals surface area contributed by atoms with Crippen LogP contribution in [0.15, 0.2) is 27.8 Å². The van der Waals surface area contributed by atoms with E-state index in [0.29, 0.717) is 0 Å². The van der Waals surface area contributed by atoms with Crippen LogP contribution in [0.25, 0.3) is 0 Å². The Kier molecular flexibility index (Phi) is 7.28. The van der Waals surface area contributed by atoms with E-state index in [1.165, 1.54) is 38.8 Å². The van der Waals surface area contributed by atoms with E-state index in [4.69, 9.17) is 14.1 Å². The minimum absolute atomic E-state index is 0.874. The fraction of sp³-hybridized carbons (Fsp3) is 0.773. The van der Waals surface area contributed by atoms with Crippen LogP contribution in [0, 0.1) is 11.8 Å². The van der Waals surface area contributed by atoms with Crippen molar-refractivity contribution in [3.63, 3.8) is 0 Å². The predicted molar refractivity (Wildman–Crippen MR) is 112 cm³/mol. The second-order valence-electron chi connectivity index (χ2n) is 8.48. The first kappa shape index (κ1) is 19.8. The SMILES string of the molecule is c1coc(CCNC(=NCCCN2CCOCC2)N2CC3CCCCC3C2)c1. The number of hydrogen-bond acceptors (Lipinski definition) is 4. The van der Waals surface area contributed by atoms with Gasteiger partial charge in [-0.25, -0.2) is 0 Å². The standard InChI is InChI=1S/C22H36N4O2/c1-2-6-20-18-26(17-19(20)5-1)22(24-10-8-21-7-3-14-28-21)23-9-4-11-25-12-15-27-16-13-25/h3,7,14,19-20H,1-2,4-6,8-13,15-18H2,(H,23,24). The highest BCUT2D eigenvalue weighted by Crippen LogP contribution is 2.35. The van der Waals surface area contributed by atoms with E-state index in [0.717, 1.165) is 82.3 Å². The number of hydrogen-bond donors (Lipinski definition) is 1. The molecule has 0 bridgehead atoms. The maximum absolute atomic E-state index is 5.47. The molecule has 6 nitrogen and oxygen atoms in total. The van der Waals surface area contributed by atoms with Crippen LogP contribution in [0.3, 0.4) is 0 Å². The molecule has 0 radical (unpaired) electrons. The Bertz CT molecular complexity index is 584. The van der Waals surface area contributed by atoms with Gasteiger partial charge in [-0.2, -0.15) is 0 Å². The molecule has 3 heterocycles. The topological polar surface area (TPSA) is 53.2 Å². The van der Waals surface area contributed by atoms with E-state index in [2.05, 4.69) is 15.1 Å². The Morgan fingerprint density at radius 2 is 1.93 bits per heavy atom. The summed E-state index contributed by atoms with van der Waals surface area (Å²) in [7, 11) is 0. The fourth-order valence-corrected chi connectivity index (χ4v) is 4.90. The average Bonchev–Trinajstić information content (AvgIpc) is 3.40. The summed E-state index contributed by atoms with van der Waals surface area (Å²) in [5, 5.41) is 3.63. The third-order valence-electron chi connectivity index (χ3n) is 6.51. The zero-order valence-corrected chi connectivity index (χ0v) is 17.2. The van der Waals surface area contributed by atoms with Crippen LogP contribution in [0.5, 0.6) is 0 Å². The lowest BCUT2D eigenvalue weighted by atomic mass is 9.82. The fourth-order valence-electron chi connectivity index (χ4n) is 4.90. The van der Waals surface area contributed by atoms with E-state index in [1.807, 2.05) is 12.1 Å². The van der Waals surface area contributed by atoms with Gasteiger partial charge in [-0.3, -0.25) is 9.89 Å². The molecule has 4 rings (SSSR count). The monoisotopic (exact) mass is 388 g/mol. The summed E-state index contributed by atoms with van der Waals surface area (Å²) in [5.41, 5.74) is 0. The number of aliphatic imine (C=N–C) groups is 1. The summed E-state index contributed by atoms with van der Waals surface area (Å²) in [5.74, 6) is 3.90. The van der Waals surface area contributed by atoms with E-state index in [-0.39, 0.29) is 0 Å². The van der Waals surface area contributed by atoms with Crippen molar-refractivity contribution in [2.45, 2.75) is 38.5 Å². The van der Waals surface area contributed by atoms with Crippen LogP contribution < -0.4 is 5.32 Å². The minimum Gasteiger partial charge on any atom is -0.469 e. The second kappa shape index (κ2) is 10.3. The molecule has 1 aromatic rings. The molecule has 2 unspecified atom stereocenters. The van der Waals surface area contributed by atoms with Crippen molar-refractivity contribution >= 4 is 5.96 Å². The van der Waals surface area contributed by atoms with Crippen LogP contribution >= 0.6 is 0 Å². The number of likely N-dealkylation sites (tertiary alicyclic amines) is 1. The van der Waals surface area contributed by atoms with Gasteiger partial charge in [-0.05, 0) is 43.2 Å². The van der Waals surface area contributed by atoms with Gasteiger partial charge in [0, 0.05) is 52.2 Å². The molecular formula is C22H36N4O2. The summed E-state index contributed by atoms with van der Waals surface area (Å²) >= 11 is 0. The predicted octanol–water partition coefficient (Wildman–Crippen LogP) is 2.61. The van der Waals surface area contributed by atoms with Gasteiger partial charge in [-0.1, -0.05) is 12.8 Å². The van der Waals surface area contributed by atoms with Gasteiger partial charge < -0.3 is 19.4 Å². The molecule has 6 heteroatoms. The molecule has 2 saturated heterocycles. The van der Waals surface area contributed by atoms with Gasteiger partial charge in [0.25, 0.3) is 0 Å². The van der Waals surface area contributed by atoms with Gasteiger partial charge in [0.1, 0.15) is 5.76 Å². The zero-order chi connectivity index (χ0) is 19.0. The van der Waals surface area contributed by atoms with E-state index in [1.54, 1.807) is 6.26 Å². The lowest BCUT2D eigenvalue weighted by molar-refractivity contribution is 0.0377. The van der Waals surface area contributed by atoms with Crippen molar-refractivity contribution in [1.82, 2.24) is 15.1 Å². The highest BCUT2D eigenvalue weighted by molar-refractivity contribution is 5.80. The number of morpholine rings is 1. The van der Waals surface area contributed by atoms with Gasteiger partial charge >= 0.3 is 0 Å². The molecule has 1 N–H and O–H groups in total. The molecule has 0 spiro atoms. The molecule has 3 aliphatic rings. The molecule has 28 heavy (non-hydrogen) atoms. The maximum Gasteiger partial charge on any atom is 0.193 e. The summed E-state index contributed by atoms with van der Waals surface area (Å²) in [6, 6.07) is 4.01. The summed E-state index contributed by atoms with van der Waals surface area (Å²) in [4.78, 5) is 10.0. The lowest BCUT2D eigenvalue weighted by Crippen LogP contribution is -2.41. The molecule has 156 valence electrons. The zero-order valence-electron chi connectivity index (χ0n) is 17.2. The van der Waals surface area contributed by atoms with Gasteiger partial charge in [0.05, 0.1) is 19.5 Å². The average molecular weight is 389 g/mol. The molecule has 0 aromatic carbocycles. The molecular weight excluding hydrogens is 352 g/mol. The van der Waals surface area contributed by atoms with Crippen molar-refractivity contribution in [2.75, 3.05) is 59.0 Å². The van der Waals surface area contributed by atoms with Crippen molar-refractivity contribution in [3.05, 3.63) is 24.2 Å². The molecule has 1 saturated carbocycles. The van der Waals surface area contributed by atoms with Crippen molar-refractivity contribution in [1.29, 1.82) is 0 Å². The van der Waals surface area contributed by atoms with E-state index in [9.17, 15) is 0 Å². The van der Waals surface area contributed by atoms with Crippen molar-refractivity contribution in [3.8, 4) is 0 Å². The Morgan fingerprint density at radius 3 is 2.64 bits per heavy atom. The molecule has 0 amide bonds. The molecule has 2 atom stereocenters. The number of nitrogens with one attached hydrogen (secondary N) is 1. The van der Waals surface area contributed by atoms with Crippen LogP contribution in [-0.4, -0.2) is 74.8 Å². The Hall–Kier alpha value is -1.53. The first-order valence-electron chi connectivity index (χ1n) is 11.2. The van der Waals surface area contributed by atoms with Crippen LogP contribution in [0.4, 0.5) is 0 Å².